The summed E-state index contributed by atoms with van der Waals surface area (Å²) in [6.07, 6.45) is 0. The van der Waals surface area contributed by atoms with Crippen LogP contribution in [0.5, 0.6) is 5.75 Å². The van der Waals surface area contributed by atoms with Crippen molar-refractivity contribution in [2.24, 2.45) is 0 Å². The van der Waals surface area contributed by atoms with Gasteiger partial charge in [-0.1, -0.05) is 11.6 Å². The number of hydrazine groups is 1. The van der Waals surface area contributed by atoms with E-state index in [0.29, 0.717) is 22.0 Å². The van der Waals surface area contributed by atoms with E-state index in [0.717, 1.165) is 17.0 Å². The molecule has 1 aromatic heterocycles. The molecule has 29 heavy (non-hydrogen) atoms. The summed E-state index contributed by atoms with van der Waals surface area (Å²) in [6.45, 7) is 1.73. The smallest absolute Gasteiger partial charge is 0.337 e. The predicted octanol–water partition coefficient (Wildman–Crippen LogP) is 4.19. The summed E-state index contributed by atoms with van der Waals surface area (Å²) >= 11 is 5.80. The zero-order chi connectivity index (χ0) is 20.8. The number of benzene rings is 2. The van der Waals surface area contributed by atoms with E-state index >= 15 is 0 Å². The molecule has 3 aromatic rings. The second-order valence-electron chi connectivity index (χ2n) is 6.10. The largest absolute Gasteiger partial charge is 0.497 e. The molecular formula is C21H19ClN4O3. The molecule has 8 heteroatoms. The number of hydrogen-bond acceptors (Lipinski definition) is 4. The van der Waals surface area contributed by atoms with E-state index in [1.54, 1.807) is 50.4 Å². The highest BCUT2D eigenvalue weighted by Crippen LogP contribution is 2.22. The van der Waals surface area contributed by atoms with E-state index in [-0.39, 0.29) is 0 Å². The third-order valence-corrected chi connectivity index (χ3v) is 4.36. The molecule has 3 rings (SSSR count). The van der Waals surface area contributed by atoms with Gasteiger partial charge in [0.05, 0.1) is 24.1 Å². The maximum atomic E-state index is 12.4. The predicted molar refractivity (Wildman–Crippen MR) is 112 cm³/mol. The molecule has 3 N–H and O–H groups in total. The van der Waals surface area contributed by atoms with Crippen LogP contribution in [-0.2, 0) is 0 Å². The molecule has 0 fully saturated rings. The highest BCUT2D eigenvalue weighted by Gasteiger charge is 2.12. The van der Waals surface area contributed by atoms with Gasteiger partial charge in [-0.05, 0) is 67.6 Å². The van der Waals surface area contributed by atoms with Crippen LogP contribution in [0, 0.1) is 6.92 Å². The van der Waals surface area contributed by atoms with Gasteiger partial charge >= 0.3 is 6.03 Å². The number of rotatable bonds is 4. The summed E-state index contributed by atoms with van der Waals surface area (Å²) in [5.74, 6) is 0.284. The minimum Gasteiger partial charge on any atom is -0.497 e. The number of hydrogen-bond donors (Lipinski definition) is 3. The number of aryl methyl sites for hydroxylation is 1. The lowest BCUT2D eigenvalue weighted by molar-refractivity contribution is 0.0937. The summed E-state index contributed by atoms with van der Waals surface area (Å²) in [5, 5.41) is 3.14. The van der Waals surface area contributed by atoms with Gasteiger partial charge in [0.2, 0.25) is 0 Å². The van der Waals surface area contributed by atoms with Gasteiger partial charge in [-0.25, -0.2) is 10.2 Å². The Labute approximate surface area is 173 Å². The minimum atomic E-state index is -0.582. The van der Waals surface area contributed by atoms with Gasteiger partial charge in [-0.3, -0.25) is 15.2 Å². The summed E-state index contributed by atoms with van der Waals surface area (Å²) in [4.78, 5) is 28.8. The first-order valence-corrected chi connectivity index (χ1v) is 9.09. The highest BCUT2D eigenvalue weighted by atomic mass is 35.5. The van der Waals surface area contributed by atoms with Gasteiger partial charge in [0.25, 0.3) is 5.91 Å². The fourth-order valence-corrected chi connectivity index (χ4v) is 2.73. The molecule has 0 aliphatic heterocycles. The first-order chi connectivity index (χ1) is 14.0. The Morgan fingerprint density at radius 3 is 2.24 bits per heavy atom. The van der Waals surface area contributed by atoms with Crippen LogP contribution >= 0.6 is 11.6 Å². The van der Waals surface area contributed by atoms with E-state index < -0.39 is 11.9 Å². The van der Waals surface area contributed by atoms with Crippen molar-refractivity contribution >= 4 is 29.2 Å². The molecule has 0 saturated heterocycles. The highest BCUT2D eigenvalue weighted by molar-refractivity contribution is 6.30. The van der Waals surface area contributed by atoms with Gasteiger partial charge in [0.1, 0.15) is 5.75 Å². The summed E-state index contributed by atoms with van der Waals surface area (Å²) in [6, 6.07) is 16.9. The molecule has 1 heterocycles. The Balaban J connectivity index is 1.61. The Morgan fingerprint density at radius 2 is 1.62 bits per heavy atom. The number of carbonyl (C=O) groups is 2. The van der Waals surface area contributed by atoms with Crippen LogP contribution < -0.4 is 20.9 Å². The van der Waals surface area contributed by atoms with E-state index in [1.807, 2.05) is 24.3 Å². The average molecular weight is 411 g/mol. The lowest BCUT2D eigenvalue weighted by atomic mass is 10.1. The van der Waals surface area contributed by atoms with Crippen LogP contribution in [0.25, 0.3) is 11.3 Å². The lowest BCUT2D eigenvalue weighted by Gasteiger charge is -2.11. The molecule has 2 aromatic carbocycles. The van der Waals surface area contributed by atoms with Crippen molar-refractivity contribution in [1.29, 1.82) is 0 Å². The second-order valence-corrected chi connectivity index (χ2v) is 6.53. The van der Waals surface area contributed by atoms with E-state index in [9.17, 15) is 9.59 Å². The molecule has 0 spiro atoms. The molecule has 0 bridgehead atoms. The molecule has 0 aliphatic carbocycles. The van der Waals surface area contributed by atoms with Crippen molar-refractivity contribution in [2.45, 2.75) is 6.92 Å². The van der Waals surface area contributed by atoms with Crippen LogP contribution in [0.3, 0.4) is 0 Å². The molecule has 3 amide bonds. The molecule has 0 aliphatic rings. The number of carbonyl (C=O) groups excluding carboxylic acids is 2. The van der Waals surface area contributed by atoms with Gasteiger partial charge in [0.15, 0.2) is 0 Å². The first kappa shape index (κ1) is 20.2. The van der Waals surface area contributed by atoms with E-state index in [4.69, 9.17) is 16.3 Å². The van der Waals surface area contributed by atoms with Crippen molar-refractivity contribution in [2.75, 3.05) is 12.4 Å². The molecule has 0 saturated carbocycles. The van der Waals surface area contributed by atoms with Crippen LogP contribution in [0.4, 0.5) is 10.5 Å². The third kappa shape index (κ3) is 5.24. The van der Waals surface area contributed by atoms with Crippen LogP contribution in [0.15, 0.2) is 60.7 Å². The van der Waals surface area contributed by atoms with Crippen LogP contribution in [-0.4, -0.2) is 24.0 Å². The van der Waals surface area contributed by atoms with Gasteiger partial charge in [-0.15, -0.1) is 0 Å². The normalized spacial score (nSPS) is 10.2. The number of anilines is 1. The maximum Gasteiger partial charge on any atom is 0.337 e. The maximum absolute atomic E-state index is 12.4. The molecular weight excluding hydrogens is 392 g/mol. The van der Waals surface area contributed by atoms with Gasteiger partial charge in [0, 0.05) is 16.3 Å². The summed E-state index contributed by atoms with van der Waals surface area (Å²) < 4.78 is 5.15. The third-order valence-electron chi connectivity index (χ3n) is 4.11. The number of pyridine rings is 1. The monoisotopic (exact) mass is 410 g/mol. The fourth-order valence-electron chi connectivity index (χ4n) is 2.60. The number of urea groups is 1. The SMILES string of the molecule is COc1ccc(-c2ccc(C(=O)NNC(=O)Nc3ccc(Cl)cc3)c(C)n2)cc1. The molecule has 7 nitrogen and oxygen atoms in total. The van der Waals surface area contributed by atoms with Crippen LogP contribution in [0.1, 0.15) is 16.1 Å². The molecule has 148 valence electrons. The number of ether oxygens (including phenoxy) is 1. The zero-order valence-electron chi connectivity index (χ0n) is 15.8. The van der Waals surface area contributed by atoms with Crippen molar-refractivity contribution in [3.05, 3.63) is 76.9 Å². The van der Waals surface area contributed by atoms with Crippen molar-refractivity contribution in [1.82, 2.24) is 15.8 Å². The average Bonchev–Trinajstić information content (AvgIpc) is 2.73. The Kier molecular flexibility index (Phi) is 6.31. The molecule has 0 radical (unpaired) electrons. The van der Waals surface area contributed by atoms with Crippen molar-refractivity contribution in [3.63, 3.8) is 0 Å². The van der Waals surface area contributed by atoms with Crippen molar-refractivity contribution in [3.8, 4) is 17.0 Å². The van der Waals surface area contributed by atoms with Gasteiger partial charge in [-0.2, -0.15) is 0 Å². The number of halogens is 1. The number of methoxy groups -OCH3 is 1. The number of aromatic nitrogens is 1. The quantitative estimate of drug-likeness (QED) is 0.562. The Hall–Kier alpha value is -3.58. The molecule has 0 unspecified atom stereocenters. The van der Waals surface area contributed by atoms with E-state index in [2.05, 4.69) is 21.2 Å². The number of nitrogens with one attached hydrogen (secondary N) is 3. The standard InChI is InChI=1S/C21H19ClN4O3/c1-13-18(11-12-19(23-13)14-3-9-17(29-2)10-4-14)20(27)25-26-21(28)24-16-7-5-15(22)6-8-16/h3-12H,1-2H3,(H,25,27)(H2,24,26,28). The lowest BCUT2D eigenvalue weighted by Crippen LogP contribution is -2.44. The summed E-state index contributed by atoms with van der Waals surface area (Å²) in [5.41, 5.74) is 7.74. The Bertz CT molecular complexity index is 1020. The van der Waals surface area contributed by atoms with Gasteiger partial charge < -0.3 is 10.1 Å². The Morgan fingerprint density at radius 1 is 0.931 bits per heavy atom. The molecule has 0 atom stereocenters. The second kappa shape index (κ2) is 9.07. The first-order valence-electron chi connectivity index (χ1n) is 8.71. The van der Waals surface area contributed by atoms with Crippen LogP contribution in [0.2, 0.25) is 5.02 Å². The van der Waals surface area contributed by atoms with Crippen molar-refractivity contribution < 1.29 is 14.3 Å². The number of amides is 3. The minimum absolute atomic E-state index is 0.356. The fraction of sp³-hybridized carbons (Fsp3) is 0.0952. The van der Waals surface area contributed by atoms with E-state index in [1.165, 1.54) is 0 Å². The number of nitrogens with zero attached hydrogens (tertiary/aromatic N) is 1. The summed E-state index contributed by atoms with van der Waals surface area (Å²) in [7, 11) is 1.61. The zero-order valence-corrected chi connectivity index (χ0v) is 16.6. The topological polar surface area (TPSA) is 92.4 Å².